The smallest absolute Gasteiger partial charge is 0.328 e. The van der Waals surface area contributed by atoms with Crippen LogP contribution in [0.15, 0.2) is 51.7 Å². The Morgan fingerprint density at radius 3 is 2.85 bits per heavy atom. The normalized spacial score (nSPS) is 12.5. The number of rotatable bonds is 1. The Hall–Kier alpha value is -1.73. The number of hydrogen-bond acceptors (Lipinski definition) is 5. The highest BCUT2D eigenvalue weighted by atomic mass is 79.9. The van der Waals surface area contributed by atoms with Gasteiger partial charge >= 0.3 is 4.87 Å². The number of ether oxygens (including phenoxy) is 1. The van der Waals surface area contributed by atoms with Crippen LogP contribution in [0.3, 0.4) is 0 Å². The Morgan fingerprint density at radius 1 is 1.12 bits per heavy atom. The molecule has 0 saturated heterocycles. The molecule has 5 rings (SSSR count). The first-order chi connectivity index (χ1) is 12.6. The predicted octanol–water partition coefficient (Wildman–Crippen LogP) is 6.31. The van der Waals surface area contributed by atoms with E-state index < -0.39 is 0 Å². The Balaban J connectivity index is 1.90. The predicted molar refractivity (Wildman–Crippen MR) is 111 cm³/mol. The fraction of sp³-hybridized carbons (Fsp3) is 0.0526. The summed E-state index contributed by atoms with van der Waals surface area (Å²) in [7, 11) is 0. The molecule has 2 aromatic carbocycles. The van der Waals surface area contributed by atoms with E-state index in [1.807, 2.05) is 30.3 Å². The third kappa shape index (κ3) is 2.60. The van der Waals surface area contributed by atoms with Crippen molar-refractivity contribution in [2.24, 2.45) is 0 Å². The second-order valence-corrected chi connectivity index (χ2v) is 9.15. The fourth-order valence-corrected chi connectivity index (χ4v) is 5.89. The van der Waals surface area contributed by atoms with Crippen molar-refractivity contribution in [3.63, 3.8) is 0 Å². The van der Waals surface area contributed by atoms with Gasteiger partial charge in [0, 0.05) is 31.1 Å². The number of benzene rings is 2. The third-order valence-electron chi connectivity index (χ3n) is 4.25. The van der Waals surface area contributed by atoms with Crippen LogP contribution in [0.25, 0.3) is 31.5 Å². The second-order valence-electron chi connectivity index (χ2n) is 5.84. The molecule has 2 aromatic rings. The number of halogens is 2. The Morgan fingerprint density at radius 2 is 2.00 bits per heavy atom. The molecule has 7 heteroatoms. The molecule has 0 amide bonds. The Labute approximate surface area is 170 Å². The number of fused-ring (bicyclic) bond motifs is 5. The van der Waals surface area contributed by atoms with E-state index in [2.05, 4.69) is 33.0 Å². The molecule has 0 saturated carbocycles. The summed E-state index contributed by atoms with van der Waals surface area (Å²) in [6, 6.07) is 13.7. The van der Waals surface area contributed by atoms with Gasteiger partial charge in [-0.3, -0.25) is 4.79 Å². The van der Waals surface area contributed by atoms with Gasteiger partial charge in [-0.2, -0.15) is 4.98 Å². The maximum atomic E-state index is 12.0. The van der Waals surface area contributed by atoms with Gasteiger partial charge in [-0.15, -0.1) is 11.3 Å². The van der Waals surface area contributed by atoms with Crippen LogP contribution in [0.4, 0.5) is 0 Å². The van der Waals surface area contributed by atoms with Gasteiger partial charge in [0.05, 0.1) is 4.88 Å². The molecule has 3 nitrogen and oxygen atoms in total. The van der Waals surface area contributed by atoms with Crippen LogP contribution in [0.5, 0.6) is 5.75 Å². The topological polar surface area (TPSA) is 39.2 Å². The van der Waals surface area contributed by atoms with Crippen LogP contribution in [-0.2, 0) is 6.61 Å². The van der Waals surface area contributed by atoms with E-state index in [1.54, 1.807) is 0 Å². The highest BCUT2D eigenvalue weighted by Crippen LogP contribution is 2.51. The third-order valence-corrected chi connectivity index (χ3v) is 7.15. The van der Waals surface area contributed by atoms with Crippen LogP contribution in [0.2, 0.25) is 5.02 Å². The molecule has 3 aliphatic heterocycles. The first-order valence-electron chi connectivity index (χ1n) is 7.75. The van der Waals surface area contributed by atoms with Crippen molar-refractivity contribution in [2.45, 2.75) is 6.61 Å². The van der Waals surface area contributed by atoms with Crippen molar-refractivity contribution in [3.05, 3.63) is 67.2 Å². The van der Waals surface area contributed by atoms with E-state index in [4.69, 9.17) is 16.3 Å². The van der Waals surface area contributed by atoms with Gasteiger partial charge in [-0.1, -0.05) is 51.0 Å². The van der Waals surface area contributed by atoms with Crippen molar-refractivity contribution in [3.8, 4) is 37.2 Å². The maximum absolute atomic E-state index is 12.0. The van der Waals surface area contributed by atoms with Crippen LogP contribution >= 0.6 is 50.2 Å². The number of thiazole rings is 1. The molecule has 0 fully saturated rings. The average Bonchev–Trinajstić information content (AvgIpc) is 3.00. The van der Waals surface area contributed by atoms with Crippen LogP contribution in [-0.4, -0.2) is 4.98 Å². The molecule has 3 heterocycles. The zero-order valence-corrected chi connectivity index (χ0v) is 17.1. The van der Waals surface area contributed by atoms with Gasteiger partial charge < -0.3 is 4.74 Å². The largest absolute Gasteiger partial charge is 0.488 e. The lowest BCUT2D eigenvalue weighted by molar-refractivity contribution is 0.303. The SMILES string of the molecule is O=c1nc2sc(-c3cccc(Br)c3)c3c(c-2s1)-c1cc(Cl)ccc1OC3. The van der Waals surface area contributed by atoms with E-state index in [0.717, 1.165) is 47.2 Å². The minimum absolute atomic E-state index is 0.181. The van der Waals surface area contributed by atoms with Gasteiger partial charge in [-0.25, -0.2) is 0 Å². The minimum Gasteiger partial charge on any atom is -0.488 e. The van der Waals surface area contributed by atoms with Crippen molar-refractivity contribution in [2.75, 3.05) is 0 Å². The standard InChI is InChI=1S/C19H9BrClNO2S2/c20-10-3-1-2-9(6-10)16-13-8-24-14-5-4-11(21)7-12(14)15(13)17-18(25-16)22-19(23)26-17/h1-7H,8H2. The quantitative estimate of drug-likeness (QED) is 0.333. The second kappa shape index (κ2) is 6.16. The summed E-state index contributed by atoms with van der Waals surface area (Å²) in [5.41, 5.74) is 4.06. The summed E-state index contributed by atoms with van der Waals surface area (Å²) in [5.74, 6) is 0.778. The molecular formula is C19H9BrClNO2S2. The van der Waals surface area contributed by atoms with E-state index in [0.29, 0.717) is 11.6 Å². The van der Waals surface area contributed by atoms with Crippen LogP contribution in [0.1, 0.15) is 5.56 Å². The summed E-state index contributed by atoms with van der Waals surface area (Å²) < 4.78 is 6.99. The van der Waals surface area contributed by atoms with Gasteiger partial charge in [0.2, 0.25) is 0 Å². The fourth-order valence-electron chi connectivity index (χ4n) is 3.18. The molecule has 0 bridgehead atoms. The van der Waals surface area contributed by atoms with Crippen molar-refractivity contribution < 1.29 is 4.74 Å². The molecule has 0 atom stereocenters. The highest BCUT2D eigenvalue weighted by molar-refractivity contribution is 9.10. The van der Waals surface area contributed by atoms with Gasteiger partial charge in [0.1, 0.15) is 17.4 Å². The molecular weight excluding hydrogens is 454 g/mol. The van der Waals surface area contributed by atoms with Crippen molar-refractivity contribution in [1.29, 1.82) is 0 Å². The van der Waals surface area contributed by atoms with Crippen molar-refractivity contribution in [1.82, 2.24) is 4.98 Å². The van der Waals surface area contributed by atoms with Crippen LogP contribution in [0, 0.1) is 0 Å². The first kappa shape index (κ1) is 16.4. The summed E-state index contributed by atoms with van der Waals surface area (Å²) in [4.78, 5) is 18.0. The van der Waals surface area contributed by atoms with Gasteiger partial charge in [-0.05, 0) is 35.9 Å². The monoisotopic (exact) mass is 461 g/mol. The lowest BCUT2D eigenvalue weighted by atomic mass is 9.95. The van der Waals surface area contributed by atoms with Crippen LogP contribution < -0.4 is 9.61 Å². The zero-order chi connectivity index (χ0) is 17.8. The Bertz CT molecular complexity index is 1200. The van der Waals surface area contributed by atoms with E-state index in [9.17, 15) is 4.79 Å². The molecule has 0 aliphatic carbocycles. The number of hydrogen-bond donors (Lipinski definition) is 0. The van der Waals surface area contributed by atoms with Gasteiger partial charge in [0.25, 0.3) is 0 Å². The van der Waals surface area contributed by atoms with Gasteiger partial charge in [0.15, 0.2) is 0 Å². The molecule has 0 radical (unpaired) electrons. The van der Waals surface area contributed by atoms with E-state index in [-0.39, 0.29) is 4.87 Å². The van der Waals surface area contributed by atoms with E-state index >= 15 is 0 Å². The lowest BCUT2D eigenvalue weighted by Crippen LogP contribution is -2.08. The lowest BCUT2D eigenvalue weighted by Gasteiger charge is -2.25. The van der Waals surface area contributed by atoms with Crippen molar-refractivity contribution >= 4 is 50.2 Å². The maximum Gasteiger partial charge on any atom is 0.328 e. The highest BCUT2D eigenvalue weighted by Gasteiger charge is 2.29. The Kier molecular flexibility index (Phi) is 3.90. The molecule has 128 valence electrons. The molecule has 26 heavy (non-hydrogen) atoms. The van der Waals surface area contributed by atoms with E-state index in [1.165, 1.54) is 22.7 Å². The summed E-state index contributed by atoms with van der Waals surface area (Å²) in [6.45, 7) is 0.449. The molecule has 3 aliphatic rings. The first-order valence-corrected chi connectivity index (χ1v) is 10.6. The summed E-state index contributed by atoms with van der Waals surface area (Å²) >= 11 is 12.5. The zero-order valence-electron chi connectivity index (χ0n) is 13.1. The molecule has 0 aromatic heterocycles. The molecule has 0 spiro atoms. The minimum atomic E-state index is -0.181. The molecule has 0 unspecified atom stereocenters. The summed E-state index contributed by atoms with van der Waals surface area (Å²) in [5, 5.41) is 1.39. The summed E-state index contributed by atoms with van der Waals surface area (Å²) in [6.07, 6.45) is 0. The molecule has 0 N–H and O–H groups in total. The number of aromatic nitrogens is 1. The average molecular weight is 463 g/mol. The number of nitrogens with zero attached hydrogens (tertiary/aromatic N) is 1.